The molecule has 2 N–H and O–H groups in total. The molecule has 1 aliphatic rings. The number of rotatable bonds is 5. The van der Waals surface area contributed by atoms with Crippen molar-refractivity contribution in [2.45, 2.75) is 18.9 Å². The molecule has 0 heterocycles. The molecule has 1 atom stereocenters. The Labute approximate surface area is 145 Å². The highest BCUT2D eigenvalue weighted by molar-refractivity contribution is 7.92. The largest absolute Gasteiger partial charge is 0.452 e. The van der Waals surface area contributed by atoms with Crippen molar-refractivity contribution in [1.29, 1.82) is 0 Å². The number of hydrogen-bond acceptors (Lipinski definition) is 4. The summed E-state index contributed by atoms with van der Waals surface area (Å²) < 4.78 is 58.2. The number of nitrogens with one attached hydrogen (secondary N) is 2. The minimum Gasteiger partial charge on any atom is -0.452 e. The summed E-state index contributed by atoms with van der Waals surface area (Å²) in [6.07, 6.45) is 2.70. The molecule has 134 valence electrons. The van der Waals surface area contributed by atoms with E-state index in [0.717, 1.165) is 42.4 Å². The Hall–Kier alpha value is -2.19. The third kappa shape index (κ3) is 3.91. The summed E-state index contributed by atoms with van der Waals surface area (Å²) >= 11 is 0. The predicted octanol–water partition coefficient (Wildman–Crippen LogP) is 3.34. The van der Waals surface area contributed by atoms with Crippen LogP contribution in [0.1, 0.15) is 23.6 Å². The number of sulfonamides is 1. The van der Waals surface area contributed by atoms with Crippen LogP contribution in [0.15, 0.2) is 30.3 Å². The van der Waals surface area contributed by atoms with Gasteiger partial charge in [0.2, 0.25) is 10.0 Å². The normalized spacial score (nSPS) is 16.6. The molecule has 0 amide bonds. The van der Waals surface area contributed by atoms with Crippen LogP contribution in [0.3, 0.4) is 0 Å². The van der Waals surface area contributed by atoms with E-state index in [1.807, 2.05) is 7.05 Å². The van der Waals surface area contributed by atoms with Gasteiger partial charge in [0, 0.05) is 12.1 Å². The maximum atomic E-state index is 13.9. The van der Waals surface area contributed by atoms with Crippen molar-refractivity contribution < 1.29 is 21.9 Å². The van der Waals surface area contributed by atoms with Crippen LogP contribution in [-0.4, -0.2) is 21.7 Å². The monoisotopic (exact) mass is 368 g/mol. The standard InChI is InChI=1S/C17H18F2N2O3S/c1-20-14-5-3-10-7-15(21-25(2,22)23)17(9-12(10)14)24-16-6-4-11(18)8-13(16)19/h4,6-9,14,20-21H,3,5H2,1-2H3. The summed E-state index contributed by atoms with van der Waals surface area (Å²) in [5, 5.41) is 3.18. The first-order valence-corrected chi connectivity index (χ1v) is 9.61. The summed E-state index contributed by atoms with van der Waals surface area (Å²) in [6, 6.07) is 6.46. The van der Waals surface area contributed by atoms with Crippen molar-refractivity contribution in [3.05, 3.63) is 53.1 Å². The Morgan fingerprint density at radius 2 is 1.92 bits per heavy atom. The third-order valence-corrected chi connectivity index (χ3v) is 4.67. The van der Waals surface area contributed by atoms with E-state index >= 15 is 0 Å². The zero-order valence-corrected chi connectivity index (χ0v) is 14.6. The van der Waals surface area contributed by atoms with Gasteiger partial charge < -0.3 is 10.1 Å². The van der Waals surface area contributed by atoms with Gasteiger partial charge in [-0.2, -0.15) is 0 Å². The maximum Gasteiger partial charge on any atom is 0.229 e. The van der Waals surface area contributed by atoms with Crippen molar-refractivity contribution in [1.82, 2.24) is 5.32 Å². The molecule has 8 heteroatoms. The van der Waals surface area contributed by atoms with Gasteiger partial charge in [-0.3, -0.25) is 4.72 Å². The lowest BCUT2D eigenvalue weighted by Gasteiger charge is -2.17. The summed E-state index contributed by atoms with van der Waals surface area (Å²) in [6.45, 7) is 0. The molecule has 0 fully saturated rings. The van der Waals surface area contributed by atoms with Crippen LogP contribution >= 0.6 is 0 Å². The average molecular weight is 368 g/mol. The number of ether oxygens (including phenoxy) is 1. The van der Waals surface area contributed by atoms with Gasteiger partial charge in [-0.25, -0.2) is 17.2 Å². The van der Waals surface area contributed by atoms with Gasteiger partial charge >= 0.3 is 0 Å². The van der Waals surface area contributed by atoms with Crippen LogP contribution in [0, 0.1) is 11.6 Å². The third-order valence-electron chi connectivity index (χ3n) is 4.08. The van der Waals surface area contributed by atoms with Gasteiger partial charge in [0.25, 0.3) is 0 Å². The van der Waals surface area contributed by atoms with Crippen molar-refractivity contribution in [2.75, 3.05) is 18.0 Å². The van der Waals surface area contributed by atoms with E-state index in [1.165, 1.54) is 0 Å². The topological polar surface area (TPSA) is 67.4 Å². The van der Waals surface area contributed by atoms with E-state index in [1.54, 1.807) is 12.1 Å². The number of halogens is 2. The van der Waals surface area contributed by atoms with E-state index < -0.39 is 21.7 Å². The number of hydrogen-bond donors (Lipinski definition) is 2. The van der Waals surface area contributed by atoms with Gasteiger partial charge in [0.05, 0.1) is 11.9 Å². The second-order valence-corrected chi connectivity index (χ2v) is 7.73. The SMILES string of the molecule is CNC1CCc2cc(NS(C)(=O)=O)c(Oc3ccc(F)cc3F)cc21. The smallest absolute Gasteiger partial charge is 0.229 e. The molecule has 0 spiro atoms. The Morgan fingerprint density at radius 3 is 2.56 bits per heavy atom. The average Bonchev–Trinajstić information content (AvgIpc) is 2.90. The zero-order valence-electron chi connectivity index (χ0n) is 13.8. The van der Waals surface area contributed by atoms with Gasteiger partial charge in [-0.15, -0.1) is 0 Å². The molecular formula is C17H18F2N2O3S. The van der Waals surface area contributed by atoms with Crippen molar-refractivity contribution in [2.24, 2.45) is 0 Å². The van der Waals surface area contributed by atoms with Gasteiger partial charge in [-0.1, -0.05) is 0 Å². The molecule has 0 saturated carbocycles. The quantitative estimate of drug-likeness (QED) is 0.850. The van der Waals surface area contributed by atoms with Crippen LogP contribution in [0.25, 0.3) is 0 Å². The van der Waals surface area contributed by atoms with E-state index in [0.29, 0.717) is 6.07 Å². The Bertz CT molecular complexity index is 916. The molecule has 3 rings (SSSR count). The molecule has 1 unspecified atom stereocenters. The number of anilines is 1. The Morgan fingerprint density at radius 1 is 1.16 bits per heavy atom. The van der Waals surface area contributed by atoms with Crippen LogP contribution in [0.4, 0.5) is 14.5 Å². The van der Waals surface area contributed by atoms with E-state index in [9.17, 15) is 17.2 Å². The lowest BCUT2D eigenvalue weighted by Crippen LogP contribution is -2.14. The van der Waals surface area contributed by atoms with Crippen LogP contribution in [0.5, 0.6) is 11.5 Å². The predicted molar refractivity (Wildman–Crippen MR) is 91.5 cm³/mol. The summed E-state index contributed by atoms with van der Waals surface area (Å²) in [5.41, 5.74) is 2.19. The lowest BCUT2D eigenvalue weighted by atomic mass is 10.1. The summed E-state index contributed by atoms with van der Waals surface area (Å²) in [4.78, 5) is 0. The van der Waals surface area contributed by atoms with E-state index in [4.69, 9.17) is 4.74 Å². The molecule has 0 aliphatic heterocycles. The second-order valence-electron chi connectivity index (χ2n) is 5.98. The van der Waals surface area contributed by atoms with Gasteiger partial charge in [0.1, 0.15) is 5.82 Å². The number of aryl methyl sites for hydroxylation is 1. The van der Waals surface area contributed by atoms with Crippen LogP contribution in [0.2, 0.25) is 0 Å². The molecule has 25 heavy (non-hydrogen) atoms. The first-order chi connectivity index (χ1) is 11.8. The highest BCUT2D eigenvalue weighted by atomic mass is 32.2. The minimum absolute atomic E-state index is 0.114. The first-order valence-electron chi connectivity index (χ1n) is 7.71. The molecular weight excluding hydrogens is 350 g/mol. The van der Waals surface area contributed by atoms with E-state index in [2.05, 4.69) is 10.0 Å². The fourth-order valence-corrected chi connectivity index (χ4v) is 3.54. The van der Waals surface area contributed by atoms with Crippen LogP contribution < -0.4 is 14.8 Å². The van der Waals surface area contributed by atoms with Crippen molar-refractivity contribution in [3.8, 4) is 11.5 Å². The molecule has 2 aromatic carbocycles. The fourth-order valence-electron chi connectivity index (χ4n) is 2.98. The van der Waals surface area contributed by atoms with Crippen molar-refractivity contribution in [3.63, 3.8) is 0 Å². The van der Waals surface area contributed by atoms with E-state index in [-0.39, 0.29) is 23.2 Å². The summed E-state index contributed by atoms with van der Waals surface area (Å²) in [5.74, 6) is -1.60. The minimum atomic E-state index is -3.54. The van der Waals surface area contributed by atoms with Gasteiger partial charge in [0.15, 0.2) is 17.3 Å². The zero-order chi connectivity index (χ0) is 18.2. The number of fused-ring (bicyclic) bond motifs is 1. The maximum absolute atomic E-state index is 13.9. The molecule has 0 saturated heterocycles. The molecule has 5 nitrogen and oxygen atoms in total. The second kappa shape index (κ2) is 6.61. The molecule has 0 radical (unpaired) electrons. The number of benzene rings is 2. The van der Waals surface area contributed by atoms with Gasteiger partial charge in [-0.05, 0) is 55.3 Å². The first kappa shape index (κ1) is 17.6. The Balaban J connectivity index is 2.06. The highest BCUT2D eigenvalue weighted by Crippen LogP contribution is 2.40. The molecule has 2 aromatic rings. The van der Waals surface area contributed by atoms with Crippen LogP contribution in [-0.2, 0) is 16.4 Å². The fraction of sp³-hybridized carbons (Fsp3) is 0.294. The molecule has 0 aromatic heterocycles. The van der Waals surface area contributed by atoms with Crippen molar-refractivity contribution >= 4 is 15.7 Å². The highest BCUT2D eigenvalue weighted by Gasteiger charge is 2.25. The molecule has 1 aliphatic carbocycles. The Kier molecular flexibility index (Phi) is 4.66. The molecule has 0 bridgehead atoms. The lowest BCUT2D eigenvalue weighted by molar-refractivity contribution is 0.438. The summed E-state index contributed by atoms with van der Waals surface area (Å²) in [7, 11) is -1.71.